The van der Waals surface area contributed by atoms with E-state index in [2.05, 4.69) is 15.9 Å². The van der Waals surface area contributed by atoms with Crippen molar-refractivity contribution in [3.05, 3.63) is 99.7 Å². The minimum absolute atomic E-state index is 0.161. The fourth-order valence-electron chi connectivity index (χ4n) is 3.14. The Hall–Kier alpha value is -3.18. The van der Waals surface area contributed by atoms with Gasteiger partial charge in [0.15, 0.2) is 0 Å². The number of carbonyl (C=O) groups is 1. The predicted molar refractivity (Wildman–Crippen MR) is 120 cm³/mol. The molecule has 29 heavy (non-hydrogen) atoms. The fourth-order valence-corrected chi connectivity index (χ4v) is 3.55. The Kier molecular flexibility index (Phi) is 5.32. The van der Waals surface area contributed by atoms with Crippen molar-refractivity contribution in [1.29, 1.82) is 0 Å². The van der Waals surface area contributed by atoms with Gasteiger partial charge in [0, 0.05) is 10.0 Å². The van der Waals surface area contributed by atoms with E-state index in [0.717, 1.165) is 32.6 Å². The first-order valence-corrected chi connectivity index (χ1v) is 9.96. The number of rotatable bonds is 4. The molecule has 0 spiro atoms. The van der Waals surface area contributed by atoms with E-state index in [0.29, 0.717) is 11.5 Å². The van der Waals surface area contributed by atoms with E-state index in [1.165, 1.54) is 0 Å². The van der Waals surface area contributed by atoms with Crippen LogP contribution in [0, 0.1) is 6.92 Å². The Morgan fingerprint density at radius 2 is 1.72 bits per heavy atom. The van der Waals surface area contributed by atoms with Gasteiger partial charge in [-0.3, -0.25) is 9.69 Å². The maximum atomic E-state index is 13.3. The third kappa shape index (κ3) is 4.00. The van der Waals surface area contributed by atoms with Crippen LogP contribution in [-0.4, -0.2) is 18.9 Å². The number of hydrogen-bond acceptors (Lipinski definition) is 3. The molecule has 3 aromatic carbocycles. The summed E-state index contributed by atoms with van der Waals surface area (Å²) in [6.45, 7) is 2.03. The monoisotopic (exact) mass is 446 g/mol. The fraction of sp³-hybridized carbons (Fsp3) is 0.0833. The molecule has 0 radical (unpaired) electrons. The molecule has 1 heterocycles. The van der Waals surface area contributed by atoms with Crippen LogP contribution < -0.4 is 9.64 Å². The molecule has 0 aromatic heterocycles. The highest BCUT2D eigenvalue weighted by molar-refractivity contribution is 9.10. The number of hydrogen-bond donors (Lipinski definition) is 0. The molecule has 3 aromatic rings. The second-order valence-electron chi connectivity index (χ2n) is 6.72. The van der Waals surface area contributed by atoms with Crippen molar-refractivity contribution in [2.24, 2.45) is 4.99 Å². The van der Waals surface area contributed by atoms with Gasteiger partial charge in [-0.2, -0.15) is 0 Å². The summed E-state index contributed by atoms with van der Waals surface area (Å²) in [6, 6.07) is 23.2. The van der Waals surface area contributed by atoms with Gasteiger partial charge < -0.3 is 4.74 Å². The van der Waals surface area contributed by atoms with E-state index in [-0.39, 0.29) is 5.91 Å². The molecule has 0 N–H and O–H groups in total. The van der Waals surface area contributed by atoms with Crippen LogP contribution in [0.25, 0.3) is 6.08 Å². The van der Waals surface area contributed by atoms with Crippen molar-refractivity contribution in [2.45, 2.75) is 6.92 Å². The molecule has 0 bridgehead atoms. The van der Waals surface area contributed by atoms with Gasteiger partial charge in [-0.25, -0.2) is 4.99 Å². The van der Waals surface area contributed by atoms with E-state index in [1.54, 1.807) is 12.0 Å². The minimum atomic E-state index is -0.161. The summed E-state index contributed by atoms with van der Waals surface area (Å²) in [5.74, 6) is 1.19. The van der Waals surface area contributed by atoms with E-state index >= 15 is 0 Å². The average molecular weight is 447 g/mol. The van der Waals surface area contributed by atoms with Gasteiger partial charge in [0.25, 0.3) is 5.91 Å². The highest BCUT2D eigenvalue weighted by Gasteiger charge is 2.32. The normalized spacial score (nSPS) is 15.0. The lowest BCUT2D eigenvalue weighted by Gasteiger charge is -2.19. The molecular weight excluding hydrogens is 428 g/mol. The first-order valence-electron chi connectivity index (χ1n) is 9.16. The van der Waals surface area contributed by atoms with Gasteiger partial charge in [-0.05, 0) is 55.0 Å². The molecule has 0 saturated carbocycles. The molecule has 144 valence electrons. The number of amidine groups is 1. The third-order valence-corrected chi connectivity index (χ3v) is 5.15. The summed E-state index contributed by atoms with van der Waals surface area (Å²) < 4.78 is 6.20. The smallest absolute Gasteiger partial charge is 0.282 e. The topological polar surface area (TPSA) is 41.9 Å². The van der Waals surface area contributed by atoms with E-state index < -0.39 is 0 Å². The van der Waals surface area contributed by atoms with Crippen LogP contribution in [0.5, 0.6) is 5.75 Å². The Morgan fingerprint density at radius 3 is 2.38 bits per heavy atom. The highest BCUT2D eigenvalue weighted by atomic mass is 79.9. The highest BCUT2D eigenvalue weighted by Crippen LogP contribution is 2.29. The van der Waals surface area contributed by atoms with Gasteiger partial charge in [0.1, 0.15) is 17.3 Å². The van der Waals surface area contributed by atoms with Crippen LogP contribution >= 0.6 is 15.9 Å². The second kappa shape index (κ2) is 8.05. The zero-order valence-electron chi connectivity index (χ0n) is 16.1. The number of ether oxygens (including phenoxy) is 1. The summed E-state index contributed by atoms with van der Waals surface area (Å²) in [5.41, 5.74) is 4.09. The molecule has 1 aliphatic rings. The Morgan fingerprint density at radius 1 is 1.00 bits per heavy atom. The molecule has 0 saturated heterocycles. The summed E-state index contributed by atoms with van der Waals surface area (Å²) in [4.78, 5) is 19.6. The molecule has 0 unspecified atom stereocenters. The van der Waals surface area contributed by atoms with Crippen LogP contribution in [0.1, 0.15) is 16.7 Å². The van der Waals surface area contributed by atoms with Crippen molar-refractivity contribution >= 4 is 39.4 Å². The number of amides is 1. The van der Waals surface area contributed by atoms with Crippen molar-refractivity contribution in [3.63, 3.8) is 0 Å². The first-order chi connectivity index (χ1) is 14.0. The number of methoxy groups -OCH3 is 1. The van der Waals surface area contributed by atoms with Crippen molar-refractivity contribution in [1.82, 2.24) is 0 Å². The summed E-state index contributed by atoms with van der Waals surface area (Å²) >= 11 is 3.47. The lowest BCUT2D eigenvalue weighted by Crippen LogP contribution is -2.32. The molecule has 5 heteroatoms. The zero-order valence-corrected chi connectivity index (χ0v) is 17.7. The number of carbonyl (C=O) groups excluding carboxylic acids is 1. The van der Waals surface area contributed by atoms with Gasteiger partial charge in [-0.15, -0.1) is 0 Å². The Bertz CT molecular complexity index is 1120. The molecule has 0 aliphatic carbocycles. The van der Waals surface area contributed by atoms with Crippen molar-refractivity contribution in [3.8, 4) is 5.75 Å². The number of benzene rings is 3. The zero-order chi connectivity index (χ0) is 20.4. The Labute approximate surface area is 178 Å². The third-order valence-electron chi connectivity index (χ3n) is 4.65. The van der Waals surface area contributed by atoms with Gasteiger partial charge in [0.2, 0.25) is 0 Å². The quantitative estimate of drug-likeness (QED) is 0.489. The van der Waals surface area contributed by atoms with Crippen LogP contribution in [0.2, 0.25) is 0 Å². The molecule has 1 amide bonds. The van der Waals surface area contributed by atoms with Crippen LogP contribution in [0.3, 0.4) is 0 Å². The van der Waals surface area contributed by atoms with Crippen LogP contribution in [0.4, 0.5) is 5.69 Å². The van der Waals surface area contributed by atoms with Crippen molar-refractivity contribution < 1.29 is 9.53 Å². The van der Waals surface area contributed by atoms with Gasteiger partial charge >= 0.3 is 0 Å². The largest absolute Gasteiger partial charge is 0.497 e. The standard InChI is InChI=1S/C24H19BrN2O2/c1-16-6-8-18(9-7-16)23-26-22(15-17-4-3-5-19(25)14-17)24(28)27(23)20-10-12-21(29-2)13-11-20/h3-15H,1-2H3/b22-15+. The number of nitrogens with zero attached hydrogens (tertiary/aromatic N) is 2. The molecular formula is C24H19BrN2O2. The second-order valence-corrected chi connectivity index (χ2v) is 7.64. The minimum Gasteiger partial charge on any atom is -0.497 e. The SMILES string of the molecule is COc1ccc(N2C(=O)/C(=C\c3cccc(Br)c3)N=C2c2ccc(C)cc2)cc1. The Balaban J connectivity index is 1.80. The summed E-state index contributed by atoms with van der Waals surface area (Å²) in [5, 5.41) is 0. The molecule has 4 nitrogen and oxygen atoms in total. The maximum absolute atomic E-state index is 13.3. The molecule has 1 aliphatic heterocycles. The van der Waals surface area contributed by atoms with Crippen LogP contribution in [-0.2, 0) is 4.79 Å². The molecule has 0 fully saturated rings. The lowest BCUT2D eigenvalue weighted by molar-refractivity contribution is -0.113. The number of aryl methyl sites for hydroxylation is 1. The number of aliphatic imine (C=N–C) groups is 1. The molecule has 4 rings (SSSR count). The summed E-state index contributed by atoms with van der Waals surface area (Å²) in [6.07, 6.45) is 1.81. The van der Waals surface area contributed by atoms with Gasteiger partial charge in [0.05, 0.1) is 12.8 Å². The van der Waals surface area contributed by atoms with E-state index in [9.17, 15) is 4.79 Å². The predicted octanol–water partition coefficient (Wildman–Crippen LogP) is 5.60. The number of anilines is 1. The van der Waals surface area contributed by atoms with Crippen LogP contribution in [0.15, 0.2) is 88.0 Å². The lowest BCUT2D eigenvalue weighted by atomic mass is 10.1. The van der Waals surface area contributed by atoms with E-state index in [1.807, 2.05) is 85.8 Å². The van der Waals surface area contributed by atoms with Crippen molar-refractivity contribution in [2.75, 3.05) is 12.0 Å². The molecule has 0 atom stereocenters. The van der Waals surface area contributed by atoms with Gasteiger partial charge in [-0.1, -0.05) is 57.9 Å². The number of halogens is 1. The van der Waals surface area contributed by atoms with E-state index in [4.69, 9.17) is 9.73 Å². The maximum Gasteiger partial charge on any atom is 0.282 e. The first kappa shape index (κ1) is 19.2. The summed E-state index contributed by atoms with van der Waals surface area (Å²) in [7, 11) is 1.62. The average Bonchev–Trinajstić information content (AvgIpc) is 3.05.